The molecule has 0 saturated heterocycles. The van der Waals surface area contributed by atoms with E-state index < -0.39 is 0 Å². The molecule has 2 aliphatic rings. The third-order valence-electron chi connectivity index (χ3n) is 6.06. The number of nitrogens with one attached hydrogen (secondary N) is 1. The number of urea groups is 1. The first-order valence-corrected chi connectivity index (χ1v) is 11.0. The Kier molecular flexibility index (Phi) is 4.59. The van der Waals surface area contributed by atoms with Crippen LogP contribution >= 0.6 is 11.3 Å². The van der Waals surface area contributed by atoms with Crippen molar-refractivity contribution in [1.29, 1.82) is 0 Å². The van der Waals surface area contributed by atoms with Crippen LogP contribution in [0.3, 0.4) is 0 Å². The van der Waals surface area contributed by atoms with Crippen molar-refractivity contribution in [1.82, 2.24) is 9.47 Å². The summed E-state index contributed by atoms with van der Waals surface area (Å²) in [5.41, 5.74) is 4.70. The Morgan fingerprint density at radius 2 is 2.03 bits per heavy atom. The third-order valence-corrected chi connectivity index (χ3v) is 7.40. The maximum atomic E-state index is 13.3. The highest BCUT2D eigenvalue weighted by molar-refractivity contribution is 7.15. The molecule has 0 fully saturated rings. The molecule has 1 aromatic carbocycles. The molecule has 6 heteroatoms. The van der Waals surface area contributed by atoms with Crippen LogP contribution in [0.4, 0.5) is 10.5 Å². The summed E-state index contributed by atoms with van der Waals surface area (Å²) in [6, 6.07) is 11.6. The number of fused-ring (bicyclic) bond motifs is 5. The number of thiophene rings is 1. The first-order chi connectivity index (χ1) is 14.2. The third kappa shape index (κ3) is 3.12. The number of amides is 2. The molecule has 29 heavy (non-hydrogen) atoms. The van der Waals surface area contributed by atoms with Crippen molar-refractivity contribution >= 4 is 23.1 Å². The monoisotopic (exact) mass is 407 g/mol. The lowest BCUT2D eigenvalue weighted by Crippen LogP contribution is -2.36. The van der Waals surface area contributed by atoms with Gasteiger partial charge < -0.3 is 19.5 Å². The molecule has 0 bridgehead atoms. The molecule has 5 nitrogen and oxygen atoms in total. The largest absolute Gasteiger partial charge is 0.497 e. The number of aromatic nitrogens is 1. The van der Waals surface area contributed by atoms with Gasteiger partial charge in [0.1, 0.15) is 10.8 Å². The molecule has 2 amide bonds. The van der Waals surface area contributed by atoms with Gasteiger partial charge in [0.05, 0.1) is 19.7 Å². The maximum absolute atomic E-state index is 13.3. The fourth-order valence-electron chi connectivity index (χ4n) is 4.50. The van der Waals surface area contributed by atoms with Gasteiger partial charge in [-0.3, -0.25) is 0 Å². The Morgan fingerprint density at radius 3 is 2.90 bits per heavy atom. The van der Waals surface area contributed by atoms with Gasteiger partial charge in [0.25, 0.3) is 0 Å². The second-order valence-corrected chi connectivity index (χ2v) is 8.85. The van der Waals surface area contributed by atoms with Crippen LogP contribution in [0.1, 0.15) is 47.5 Å². The summed E-state index contributed by atoms with van der Waals surface area (Å²) in [6.45, 7) is 2.75. The molecule has 0 spiro atoms. The lowest BCUT2D eigenvalue weighted by Gasteiger charge is -2.28. The maximum Gasteiger partial charge on any atom is 0.322 e. The Bertz CT molecular complexity index is 1070. The molecule has 0 saturated carbocycles. The molecular formula is C23H25N3O2S. The summed E-state index contributed by atoms with van der Waals surface area (Å²) in [5, 5.41) is 4.36. The summed E-state index contributed by atoms with van der Waals surface area (Å²) >= 11 is 1.91. The number of benzene rings is 1. The number of nitrogens with zero attached hydrogens (tertiary/aromatic N) is 2. The molecule has 1 aliphatic carbocycles. The van der Waals surface area contributed by atoms with Crippen LogP contribution < -0.4 is 10.1 Å². The quantitative estimate of drug-likeness (QED) is 0.607. The number of hydrogen-bond donors (Lipinski definition) is 1. The van der Waals surface area contributed by atoms with Crippen molar-refractivity contribution in [3.05, 3.63) is 64.3 Å². The molecule has 1 unspecified atom stereocenters. The highest BCUT2D eigenvalue weighted by Gasteiger charge is 2.32. The van der Waals surface area contributed by atoms with E-state index >= 15 is 0 Å². The fraction of sp³-hybridized carbons (Fsp3) is 0.348. The second-order valence-electron chi connectivity index (χ2n) is 7.76. The number of aryl methyl sites for hydroxylation is 1. The zero-order chi connectivity index (χ0) is 20.0. The van der Waals surface area contributed by atoms with Gasteiger partial charge in [0.2, 0.25) is 0 Å². The van der Waals surface area contributed by atoms with E-state index in [0.29, 0.717) is 6.54 Å². The average Bonchev–Trinajstić information content (AvgIpc) is 3.34. The van der Waals surface area contributed by atoms with Crippen molar-refractivity contribution < 1.29 is 9.53 Å². The Hall–Kier alpha value is -2.73. The minimum atomic E-state index is -0.0814. The summed E-state index contributed by atoms with van der Waals surface area (Å²) in [6.07, 6.45) is 6.92. The Morgan fingerprint density at radius 1 is 1.17 bits per heavy atom. The number of hydrogen-bond acceptors (Lipinski definition) is 3. The molecule has 0 radical (unpaired) electrons. The highest BCUT2D eigenvalue weighted by Crippen LogP contribution is 2.42. The molecule has 3 aromatic rings. The van der Waals surface area contributed by atoms with E-state index in [1.165, 1.54) is 33.8 Å². The minimum Gasteiger partial charge on any atom is -0.497 e. The Balaban J connectivity index is 1.52. The van der Waals surface area contributed by atoms with E-state index in [9.17, 15) is 4.79 Å². The van der Waals surface area contributed by atoms with E-state index in [4.69, 9.17) is 4.74 Å². The highest BCUT2D eigenvalue weighted by atomic mass is 32.1. The smallest absolute Gasteiger partial charge is 0.322 e. The van der Waals surface area contributed by atoms with Gasteiger partial charge in [0.15, 0.2) is 0 Å². The van der Waals surface area contributed by atoms with Crippen molar-refractivity contribution in [2.24, 2.45) is 0 Å². The standard InChI is InChI=1S/C23H25N3O2S/c1-15-20-10-6-12-25(20)22-19(18-9-3-4-11-21(18)29-22)14-26(15)23(27)24-16-7-5-8-17(13-16)28-2/h5-8,10,12-13,15H,3-4,9,11,14H2,1-2H3,(H,24,27). The SMILES string of the molecule is COc1cccc(NC(=O)N2Cc3c(sc4c3CCCC4)-n3cccc3C2C)c1. The summed E-state index contributed by atoms with van der Waals surface area (Å²) in [4.78, 5) is 16.8. The molecule has 1 N–H and O–H groups in total. The van der Waals surface area contributed by atoms with Crippen LogP contribution in [0.15, 0.2) is 42.6 Å². The van der Waals surface area contributed by atoms with Crippen LogP contribution in [0.5, 0.6) is 5.75 Å². The van der Waals surface area contributed by atoms with Crippen LogP contribution in [0.25, 0.3) is 5.00 Å². The molecular weight excluding hydrogens is 382 g/mol. The zero-order valence-corrected chi connectivity index (χ0v) is 17.6. The number of carbonyl (C=O) groups excluding carboxylic acids is 1. The van der Waals surface area contributed by atoms with Gasteiger partial charge in [0, 0.05) is 34.1 Å². The van der Waals surface area contributed by atoms with Gasteiger partial charge in [-0.15, -0.1) is 11.3 Å². The number of rotatable bonds is 2. The average molecular weight is 408 g/mol. The predicted molar refractivity (Wildman–Crippen MR) is 116 cm³/mol. The summed E-state index contributed by atoms with van der Waals surface area (Å²) in [7, 11) is 1.63. The van der Waals surface area contributed by atoms with Crippen LogP contribution in [-0.4, -0.2) is 22.6 Å². The van der Waals surface area contributed by atoms with E-state index in [0.717, 1.165) is 30.0 Å². The molecule has 3 heterocycles. The van der Waals surface area contributed by atoms with Crippen LogP contribution in [0, 0.1) is 0 Å². The number of anilines is 1. The Labute approximate surface area is 174 Å². The van der Waals surface area contributed by atoms with Gasteiger partial charge in [-0.2, -0.15) is 0 Å². The van der Waals surface area contributed by atoms with Gasteiger partial charge in [-0.25, -0.2) is 4.79 Å². The van der Waals surface area contributed by atoms with Crippen molar-refractivity contribution in [3.8, 4) is 10.8 Å². The topological polar surface area (TPSA) is 46.5 Å². The normalized spacial score (nSPS) is 17.7. The van der Waals surface area contributed by atoms with Gasteiger partial charge in [-0.05, 0) is 62.4 Å². The fourth-order valence-corrected chi connectivity index (χ4v) is 5.91. The lowest BCUT2D eigenvalue weighted by molar-refractivity contribution is 0.189. The zero-order valence-electron chi connectivity index (χ0n) is 16.8. The first-order valence-electron chi connectivity index (χ1n) is 10.2. The molecule has 1 atom stereocenters. The van der Waals surface area contributed by atoms with E-state index in [2.05, 4.69) is 35.1 Å². The summed E-state index contributed by atoms with van der Waals surface area (Å²) in [5.74, 6) is 0.731. The van der Waals surface area contributed by atoms with E-state index in [1.807, 2.05) is 40.5 Å². The van der Waals surface area contributed by atoms with Crippen LogP contribution in [-0.2, 0) is 19.4 Å². The molecule has 150 valence electrons. The number of methoxy groups -OCH3 is 1. The van der Waals surface area contributed by atoms with Crippen LogP contribution in [0.2, 0.25) is 0 Å². The van der Waals surface area contributed by atoms with E-state index in [1.54, 1.807) is 7.11 Å². The second kappa shape index (κ2) is 7.26. The van der Waals surface area contributed by atoms with Gasteiger partial charge in [-0.1, -0.05) is 6.07 Å². The van der Waals surface area contributed by atoms with Gasteiger partial charge >= 0.3 is 6.03 Å². The first kappa shape index (κ1) is 18.3. The molecule has 2 aromatic heterocycles. The number of ether oxygens (including phenoxy) is 1. The predicted octanol–water partition coefficient (Wildman–Crippen LogP) is 5.53. The van der Waals surface area contributed by atoms with Crippen molar-refractivity contribution in [2.45, 2.75) is 45.2 Å². The molecule has 5 rings (SSSR count). The van der Waals surface area contributed by atoms with E-state index in [-0.39, 0.29) is 12.1 Å². The molecule has 1 aliphatic heterocycles. The van der Waals surface area contributed by atoms with Crippen molar-refractivity contribution in [2.75, 3.05) is 12.4 Å². The van der Waals surface area contributed by atoms with Crippen molar-refractivity contribution in [3.63, 3.8) is 0 Å². The number of carbonyl (C=O) groups is 1. The minimum absolute atomic E-state index is 0.0190. The summed E-state index contributed by atoms with van der Waals surface area (Å²) < 4.78 is 7.58. The lowest BCUT2D eigenvalue weighted by atomic mass is 9.95.